The number of carbonyl (C=O) groups excluding carboxylic acids is 3. The van der Waals surface area contributed by atoms with Gasteiger partial charge in [-0.3, -0.25) is 14.9 Å². The van der Waals surface area contributed by atoms with Gasteiger partial charge in [-0.2, -0.15) is 0 Å². The lowest BCUT2D eigenvalue weighted by Crippen LogP contribution is -2.30. The van der Waals surface area contributed by atoms with Gasteiger partial charge in [-0.25, -0.2) is 9.59 Å². The highest BCUT2D eigenvalue weighted by molar-refractivity contribution is 6.33. The molecule has 0 aromatic heterocycles. The van der Waals surface area contributed by atoms with Crippen LogP contribution in [0.4, 0.5) is 11.4 Å². The minimum Gasteiger partial charge on any atom is -0.465 e. The number of esters is 2. The lowest BCUT2D eigenvalue weighted by atomic mass is 10.1. The summed E-state index contributed by atoms with van der Waals surface area (Å²) in [5.41, 5.74) is -0.346. The van der Waals surface area contributed by atoms with Gasteiger partial charge in [0.15, 0.2) is 6.10 Å². The first kappa shape index (κ1) is 20.8. The highest BCUT2D eigenvalue weighted by Gasteiger charge is 2.24. The van der Waals surface area contributed by atoms with Crippen LogP contribution in [0.2, 0.25) is 5.02 Å². The Morgan fingerprint density at radius 1 is 1.11 bits per heavy atom. The average molecular weight is 407 g/mol. The van der Waals surface area contributed by atoms with Crippen molar-refractivity contribution in [2.24, 2.45) is 0 Å². The number of hydrogen-bond donors (Lipinski definition) is 1. The molecular formula is C18H15ClN2O7. The van der Waals surface area contributed by atoms with Gasteiger partial charge in [0.25, 0.3) is 11.6 Å². The second-order valence-electron chi connectivity index (χ2n) is 5.50. The van der Waals surface area contributed by atoms with Gasteiger partial charge in [-0.05, 0) is 25.1 Å². The Bertz CT molecular complexity index is 945. The molecule has 2 aromatic carbocycles. The van der Waals surface area contributed by atoms with E-state index in [4.69, 9.17) is 16.3 Å². The predicted molar refractivity (Wildman–Crippen MR) is 99.4 cm³/mol. The van der Waals surface area contributed by atoms with Crippen LogP contribution in [0, 0.1) is 10.1 Å². The molecule has 0 heterocycles. The molecule has 2 rings (SSSR count). The average Bonchev–Trinajstić information content (AvgIpc) is 2.68. The number of hydrogen-bond acceptors (Lipinski definition) is 7. The highest BCUT2D eigenvalue weighted by atomic mass is 35.5. The monoisotopic (exact) mass is 406 g/mol. The van der Waals surface area contributed by atoms with E-state index in [2.05, 4.69) is 10.1 Å². The fourth-order valence-corrected chi connectivity index (χ4v) is 2.35. The number of nitrogens with one attached hydrogen (secondary N) is 1. The molecule has 10 heteroatoms. The summed E-state index contributed by atoms with van der Waals surface area (Å²) in [5.74, 6) is -2.40. The van der Waals surface area contributed by atoms with Crippen molar-refractivity contribution in [1.29, 1.82) is 0 Å². The third-order valence-corrected chi connectivity index (χ3v) is 3.95. The zero-order valence-electron chi connectivity index (χ0n) is 14.8. The molecule has 1 unspecified atom stereocenters. The summed E-state index contributed by atoms with van der Waals surface area (Å²) in [5, 5.41) is 13.3. The molecule has 1 amide bonds. The second kappa shape index (κ2) is 8.96. The molecule has 0 saturated heterocycles. The van der Waals surface area contributed by atoms with E-state index in [0.717, 1.165) is 6.07 Å². The fraction of sp³-hybridized carbons (Fsp3) is 0.167. The molecule has 1 N–H and O–H groups in total. The maximum Gasteiger partial charge on any atom is 0.339 e. The van der Waals surface area contributed by atoms with E-state index in [0.29, 0.717) is 0 Å². The number of rotatable bonds is 6. The topological polar surface area (TPSA) is 125 Å². The number of anilines is 1. The van der Waals surface area contributed by atoms with Crippen LogP contribution in [0.25, 0.3) is 0 Å². The number of ether oxygens (including phenoxy) is 2. The van der Waals surface area contributed by atoms with Crippen LogP contribution in [-0.4, -0.2) is 36.0 Å². The minimum atomic E-state index is -1.27. The number of carbonyl (C=O) groups is 3. The molecule has 0 aliphatic carbocycles. The van der Waals surface area contributed by atoms with E-state index in [-0.39, 0.29) is 27.5 Å². The number of halogens is 1. The third kappa shape index (κ3) is 4.83. The number of benzene rings is 2. The van der Waals surface area contributed by atoms with Gasteiger partial charge in [0.2, 0.25) is 0 Å². The molecule has 0 radical (unpaired) electrons. The lowest BCUT2D eigenvalue weighted by molar-refractivity contribution is -0.384. The van der Waals surface area contributed by atoms with Crippen molar-refractivity contribution in [2.45, 2.75) is 13.0 Å². The zero-order valence-corrected chi connectivity index (χ0v) is 15.6. The lowest BCUT2D eigenvalue weighted by Gasteiger charge is -2.15. The Balaban J connectivity index is 2.13. The normalized spacial score (nSPS) is 11.2. The van der Waals surface area contributed by atoms with E-state index >= 15 is 0 Å². The van der Waals surface area contributed by atoms with Crippen molar-refractivity contribution in [3.05, 3.63) is 68.7 Å². The summed E-state index contributed by atoms with van der Waals surface area (Å²) in [6.45, 7) is 1.30. The van der Waals surface area contributed by atoms with Crippen LogP contribution in [0.1, 0.15) is 27.6 Å². The first-order valence-corrected chi connectivity index (χ1v) is 8.25. The summed E-state index contributed by atoms with van der Waals surface area (Å²) in [4.78, 5) is 46.6. The summed E-state index contributed by atoms with van der Waals surface area (Å²) in [6, 6.07) is 9.35. The Hall–Kier alpha value is -3.46. The van der Waals surface area contributed by atoms with E-state index in [1.54, 1.807) is 6.07 Å². The Labute approximate surface area is 164 Å². The molecule has 9 nitrogen and oxygen atoms in total. The predicted octanol–water partition coefficient (Wildman–Crippen LogP) is 3.22. The third-order valence-electron chi connectivity index (χ3n) is 3.62. The first-order chi connectivity index (χ1) is 13.2. The van der Waals surface area contributed by atoms with E-state index in [9.17, 15) is 24.5 Å². The van der Waals surface area contributed by atoms with Crippen molar-refractivity contribution < 1.29 is 28.8 Å². The Morgan fingerprint density at radius 2 is 1.71 bits per heavy atom. The fourth-order valence-electron chi connectivity index (χ4n) is 2.18. The summed E-state index contributed by atoms with van der Waals surface area (Å²) in [6.07, 6.45) is -1.27. The second-order valence-corrected chi connectivity index (χ2v) is 5.90. The first-order valence-electron chi connectivity index (χ1n) is 7.87. The SMILES string of the molecule is COC(=O)c1ccccc1C(=O)OC(C)C(=O)Nc1cc([N+](=O)[O-])ccc1Cl. The van der Waals surface area contributed by atoms with Gasteiger partial charge in [-0.15, -0.1) is 0 Å². The van der Waals surface area contributed by atoms with E-state index < -0.39 is 28.9 Å². The number of nitro groups is 1. The van der Waals surface area contributed by atoms with Gasteiger partial charge in [0, 0.05) is 12.1 Å². The quantitative estimate of drug-likeness (QED) is 0.443. The van der Waals surface area contributed by atoms with Crippen LogP contribution in [0.3, 0.4) is 0 Å². The maximum absolute atomic E-state index is 12.3. The van der Waals surface area contributed by atoms with Crippen LogP contribution < -0.4 is 5.32 Å². The van der Waals surface area contributed by atoms with Gasteiger partial charge in [0.05, 0.1) is 33.9 Å². The molecule has 1 atom stereocenters. The van der Waals surface area contributed by atoms with Crippen molar-refractivity contribution in [3.8, 4) is 0 Å². The van der Waals surface area contributed by atoms with Gasteiger partial charge in [-0.1, -0.05) is 23.7 Å². The number of non-ortho nitro benzene ring substituents is 1. The van der Waals surface area contributed by atoms with Gasteiger partial charge in [0.1, 0.15) is 0 Å². The van der Waals surface area contributed by atoms with Crippen LogP contribution in [0.5, 0.6) is 0 Å². The number of amides is 1. The summed E-state index contributed by atoms with van der Waals surface area (Å²) >= 11 is 5.93. The zero-order chi connectivity index (χ0) is 20.8. The van der Waals surface area contributed by atoms with Gasteiger partial charge < -0.3 is 14.8 Å². The molecule has 146 valence electrons. The van der Waals surface area contributed by atoms with Crippen molar-refractivity contribution in [1.82, 2.24) is 0 Å². The Kier molecular flexibility index (Phi) is 6.67. The van der Waals surface area contributed by atoms with Crippen LogP contribution in [0.15, 0.2) is 42.5 Å². The number of methoxy groups -OCH3 is 1. The largest absolute Gasteiger partial charge is 0.465 e. The summed E-state index contributed by atoms with van der Waals surface area (Å²) < 4.78 is 9.69. The van der Waals surface area contributed by atoms with Crippen molar-refractivity contribution in [3.63, 3.8) is 0 Å². The molecule has 2 aromatic rings. The molecule has 0 spiro atoms. The number of nitro benzene ring substituents is 1. The standard InChI is InChI=1S/C18H15ClN2O7/c1-10(16(22)20-15-9-11(21(25)26)7-8-14(15)19)28-18(24)13-6-4-3-5-12(13)17(23)27-2/h3-10H,1-2H3,(H,20,22). The maximum atomic E-state index is 12.3. The van der Waals surface area contributed by atoms with E-state index in [1.165, 1.54) is 44.4 Å². The molecule has 28 heavy (non-hydrogen) atoms. The van der Waals surface area contributed by atoms with Crippen LogP contribution >= 0.6 is 11.6 Å². The van der Waals surface area contributed by atoms with Crippen LogP contribution in [-0.2, 0) is 14.3 Å². The van der Waals surface area contributed by atoms with Crippen molar-refractivity contribution >= 4 is 40.8 Å². The van der Waals surface area contributed by atoms with Crippen molar-refractivity contribution in [2.75, 3.05) is 12.4 Å². The smallest absolute Gasteiger partial charge is 0.339 e. The molecular weight excluding hydrogens is 392 g/mol. The van der Waals surface area contributed by atoms with Gasteiger partial charge >= 0.3 is 11.9 Å². The molecule has 0 aliphatic rings. The summed E-state index contributed by atoms with van der Waals surface area (Å²) in [7, 11) is 1.17. The highest BCUT2D eigenvalue weighted by Crippen LogP contribution is 2.27. The molecule has 0 bridgehead atoms. The minimum absolute atomic E-state index is 0.00118. The molecule has 0 saturated carbocycles. The molecule has 0 fully saturated rings. The number of nitrogens with zero attached hydrogens (tertiary/aromatic N) is 1. The van der Waals surface area contributed by atoms with E-state index in [1.807, 2.05) is 0 Å². The Morgan fingerprint density at radius 3 is 2.29 bits per heavy atom. The molecule has 0 aliphatic heterocycles.